The normalized spacial score (nSPS) is 21.2. The molecule has 0 radical (unpaired) electrons. The number of amides is 2. The van der Waals surface area contributed by atoms with Crippen molar-refractivity contribution in [3.8, 4) is 5.75 Å². The van der Waals surface area contributed by atoms with E-state index in [0.717, 1.165) is 5.56 Å². The zero-order chi connectivity index (χ0) is 29.7. The number of carboxylic acids is 1. The Kier molecular flexibility index (Phi) is 13.6. The highest BCUT2D eigenvalue weighted by Crippen LogP contribution is 2.27. The minimum atomic E-state index is -1.04. The SMILES string of the molecule is CCC(=O)[C@H](CCCN=C(N)CC)NC(=O)[C@@H]1Cc2ccc(cc2)OCCC[C@H](C(=O)O)[C@@H](CC(C)C)C(=O)N1. The van der Waals surface area contributed by atoms with Gasteiger partial charge in [0.1, 0.15) is 11.8 Å². The van der Waals surface area contributed by atoms with E-state index in [2.05, 4.69) is 15.6 Å². The molecule has 1 aromatic carbocycles. The molecule has 0 fully saturated rings. The Labute approximate surface area is 237 Å². The molecule has 0 spiro atoms. The number of carbonyl (C=O) groups is 4. The maximum absolute atomic E-state index is 13.6. The Bertz CT molecular complexity index is 1020. The number of fused-ring (bicyclic) bond motifs is 11. The van der Waals surface area contributed by atoms with Crippen molar-refractivity contribution in [1.82, 2.24) is 10.6 Å². The molecular weight excluding hydrogens is 512 g/mol. The maximum Gasteiger partial charge on any atom is 0.307 e. The molecule has 2 aliphatic rings. The number of amidine groups is 1. The molecule has 10 nitrogen and oxygen atoms in total. The molecule has 4 atom stereocenters. The van der Waals surface area contributed by atoms with E-state index in [1.165, 1.54) is 0 Å². The topological polar surface area (TPSA) is 160 Å². The minimum absolute atomic E-state index is 0.0720. The third-order valence-corrected chi connectivity index (χ3v) is 7.17. The number of rotatable bonds is 12. The van der Waals surface area contributed by atoms with E-state index in [9.17, 15) is 24.3 Å². The fraction of sp³-hybridized carbons (Fsp3) is 0.633. The van der Waals surface area contributed by atoms with Crippen LogP contribution in [-0.2, 0) is 25.6 Å². The second kappa shape index (κ2) is 16.6. The number of benzene rings is 1. The van der Waals surface area contributed by atoms with Crippen molar-refractivity contribution in [1.29, 1.82) is 0 Å². The predicted molar refractivity (Wildman–Crippen MR) is 154 cm³/mol. The molecule has 2 heterocycles. The van der Waals surface area contributed by atoms with E-state index in [1.54, 1.807) is 19.1 Å². The van der Waals surface area contributed by atoms with Crippen LogP contribution < -0.4 is 21.1 Å². The number of nitrogens with one attached hydrogen (secondary N) is 2. The average Bonchev–Trinajstić information content (AvgIpc) is 2.92. The third-order valence-electron chi connectivity index (χ3n) is 7.17. The van der Waals surface area contributed by atoms with Gasteiger partial charge in [-0.1, -0.05) is 39.8 Å². The highest BCUT2D eigenvalue weighted by molar-refractivity contribution is 5.94. The van der Waals surface area contributed by atoms with Gasteiger partial charge in [0.25, 0.3) is 0 Å². The first-order valence-corrected chi connectivity index (χ1v) is 14.4. The molecule has 2 amide bonds. The number of ketones is 1. The van der Waals surface area contributed by atoms with Crippen LogP contribution in [0.5, 0.6) is 5.75 Å². The molecular formula is C30H46N4O6. The number of hydrogen-bond donors (Lipinski definition) is 4. The highest BCUT2D eigenvalue weighted by Gasteiger charge is 2.36. The second-order valence-corrected chi connectivity index (χ2v) is 10.8. The third kappa shape index (κ3) is 10.6. The van der Waals surface area contributed by atoms with Gasteiger partial charge in [0.2, 0.25) is 11.8 Å². The molecule has 1 aromatic rings. The van der Waals surface area contributed by atoms with Crippen LogP contribution in [0.4, 0.5) is 0 Å². The zero-order valence-electron chi connectivity index (χ0n) is 24.3. The van der Waals surface area contributed by atoms with Crippen molar-refractivity contribution in [2.45, 2.75) is 91.1 Å². The molecule has 0 aromatic heterocycles. The molecule has 40 heavy (non-hydrogen) atoms. The van der Waals surface area contributed by atoms with E-state index in [0.29, 0.717) is 56.8 Å². The summed E-state index contributed by atoms with van der Waals surface area (Å²) in [5, 5.41) is 15.7. The molecule has 5 N–H and O–H groups in total. The Morgan fingerprint density at radius 1 is 1.18 bits per heavy atom. The highest BCUT2D eigenvalue weighted by atomic mass is 16.5. The van der Waals surface area contributed by atoms with E-state index in [1.807, 2.05) is 32.9 Å². The van der Waals surface area contributed by atoms with Gasteiger partial charge in [-0.25, -0.2) is 0 Å². The Morgan fingerprint density at radius 3 is 2.48 bits per heavy atom. The Hall–Kier alpha value is -3.43. The Morgan fingerprint density at radius 2 is 1.88 bits per heavy atom. The van der Waals surface area contributed by atoms with E-state index in [-0.39, 0.29) is 31.0 Å². The lowest BCUT2D eigenvalue weighted by molar-refractivity contribution is -0.148. The zero-order valence-corrected chi connectivity index (χ0v) is 24.3. The number of aliphatic imine (C=N–C) groups is 1. The number of carbonyl (C=O) groups excluding carboxylic acids is 3. The van der Waals surface area contributed by atoms with Crippen LogP contribution in [0.25, 0.3) is 0 Å². The standard InChI is InChI=1S/C30H46N4O6/c1-5-26(35)24(10-7-15-32-27(31)6-2)33-29(37)25-18-20-11-13-21(14-12-20)40-16-8-9-22(30(38)39)23(17-19(3)4)28(36)34-25/h11-14,19,22-25H,5-10,15-18H2,1-4H3,(H2,31,32)(H,33,37)(H,34,36)(H,38,39)/t22-,23+,24-,25-/m0/s1. The number of hydrogen-bond acceptors (Lipinski definition) is 6. The smallest absolute Gasteiger partial charge is 0.307 e. The van der Waals surface area contributed by atoms with Gasteiger partial charge in [-0.3, -0.25) is 24.2 Å². The number of ether oxygens (including phenoxy) is 1. The summed E-state index contributed by atoms with van der Waals surface area (Å²) < 4.78 is 5.78. The van der Waals surface area contributed by atoms with Gasteiger partial charge >= 0.3 is 5.97 Å². The second-order valence-electron chi connectivity index (χ2n) is 10.8. The Balaban J connectivity index is 2.33. The van der Waals surface area contributed by atoms with Gasteiger partial charge in [-0.2, -0.15) is 0 Å². The summed E-state index contributed by atoms with van der Waals surface area (Å²) in [5.41, 5.74) is 6.56. The van der Waals surface area contributed by atoms with Gasteiger partial charge in [-0.15, -0.1) is 0 Å². The maximum atomic E-state index is 13.6. The number of aliphatic carboxylic acids is 1. The van der Waals surface area contributed by atoms with Gasteiger partial charge in [0.15, 0.2) is 5.78 Å². The van der Waals surface area contributed by atoms with Gasteiger partial charge in [-0.05, 0) is 55.7 Å². The monoisotopic (exact) mass is 558 g/mol. The van der Waals surface area contributed by atoms with Crippen LogP contribution in [-0.4, -0.2) is 59.7 Å². The van der Waals surface area contributed by atoms with E-state index in [4.69, 9.17) is 10.5 Å². The fourth-order valence-electron chi connectivity index (χ4n) is 4.86. The molecule has 222 valence electrons. The molecule has 0 saturated heterocycles. The van der Waals surface area contributed by atoms with Crippen molar-refractivity contribution in [2.24, 2.45) is 28.5 Å². The van der Waals surface area contributed by atoms with Gasteiger partial charge in [0.05, 0.1) is 30.3 Å². The summed E-state index contributed by atoms with van der Waals surface area (Å²) in [4.78, 5) is 56.4. The molecule has 10 heteroatoms. The van der Waals surface area contributed by atoms with Crippen molar-refractivity contribution < 1.29 is 29.0 Å². The fourth-order valence-corrected chi connectivity index (χ4v) is 4.86. The summed E-state index contributed by atoms with van der Waals surface area (Å²) in [6.07, 6.45) is 3.13. The average molecular weight is 559 g/mol. The first-order valence-electron chi connectivity index (χ1n) is 14.4. The lowest BCUT2D eigenvalue weighted by atomic mass is 9.81. The van der Waals surface area contributed by atoms with Crippen molar-refractivity contribution in [3.63, 3.8) is 0 Å². The number of carboxylic acid groups (broad SMARTS) is 1. The minimum Gasteiger partial charge on any atom is -0.494 e. The summed E-state index contributed by atoms with van der Waals surface area (Å²) in [6, 6.07) is 5.54. The number of Topliss-reactive ketones (excluding diaryl/α,β-unsaturated/α-hetero) is 1. The van der Waals surface area contributed by atoms with E-state index < -0.39 is 41.7 Å². The van der Waals surface area contributed by atoms with Crippen molar-refractivity contribution in [2.75, 3.05) is 13.2 Å². The quantitative estimate of drug-likeness (QED) is 0.174. The molecule has 2 aliphatic heterocycles. The summed E-state index contributed by atoms with van der Waals surface area (Å²) in [5.74, 6) is -2.58. The first kappa shape index (κ1) is 32.8. The first-order chi connectivity index (χ1) is 19.0. The number of nitrogens with zero attached hydrogens (tertiary/aromatic N) is 1. The predicted octanol–water partition coefficient (Wildman–Crippen LogP) is 3.26. The summed E-state index contributed by atoms with van der Waals surface area (Å²) in [6.45, 7) is 8.31. The van der Waals surface area contributed by atoms with Crippen LogP contribution in [0.1, 0.15) is 78.2 Å². The summed E-state index contributed by atoms with van der Waals surface area (Å²) in [7, 11) is 0. The molecule has 0 saturated carbocycles. The van der Waals surface area contributed by atoms with Crippen LogP contribution in [0.15, 0.2) is 29.3 Å². The van der Waals surface area contributed by atoms with Crippen molar-refractivity contribution >= 4 is 29.4 Å². The largest absolute Gasteiger partial charge is 0.494 e. The molecule has 0 aliphatic carbocycles. The molecule has 2 bridgehead atoms. The lowest BCUT2D eigenvalue weighted by Gasteiger charge is -2.28. The molecule has 3 rings (SSSR count). The molecule has 0 unspecified atom stereocenters. The van der Waals surface area contributed by atoms with Crippen LogP contribution in [0.2, 0.25) is 0 Å². The van der Waals surface area contributed by atoms with Gasteiger partial charge in [0, 0.05) is 25.8 Å². The van der Waals surface area contributed by atoms with E-state index >= 15 is 0 Å². The van der Waals surface area contributed by atoms with Crippen LogP contribution >= 0.6 is 0 Å². The van der Waals surface area contributed by atoms with Gasteiger partial charge < -0.3 is 26.2 Å². The van der Waals surface area contributed by atoms with Crippen LogP contribution in [0, 0.1) is 17.8 Å². The number of nitrogens with two attached hydrogens (primary N) is 1. The lowest BCUT2D eigenvalue weighted by Crippen LogP contribution is -2.54. The van der Waals surface area contributed by atoms with Crippen LogP contribution in [0.3, 0.4) is 0 Å². The summed E-state index contributed by atoms with van der Waals surface area (Å²) >= 11 is 0. The van der Waals surface area contributed by atoms with Crippen molar-refractivity contribution in [3.05, 3.63) is 29.8 Å².